The summed E-state index contributed by atoms with van der Waals surface area (Å²) in [5.74, 6) is -0.394. The van der Waals surface area contributed by atoms with Crippen molar-refractivity contribution in [3.63, 3.8) is 0 Å². The van der Waals surface area contributed by atoms with Gasteiger partial charge in [0.25, 0.3) is 0 Å². The van der Waals surface area contributed by atoms with E-state index in [0.717, 1.165) is 17.0 Å². The maximum absolute atomic E-state index is 13.7. The van der Waals surface area contributed by atoms with E-state index in [1.807, 2.05) is 24.2 Å². The number of benzene rings is 1. The second-order valence-corrected chi connectivity index (χ2v) is 6.45. The molecule has 0 aliphatic carbocycles. The van der Waals surface area contributed by atoms with Gasteiger partial charge >= 0.3 is 5.97 Å². The Bertz CT molecular complexity index is 777. The van der Waals surface area contributed by atoms with E-state index >= 15 is 0 Å². The first-order valence-corrected chi connectivity index (χ1v) is 8.48. The standard InChI is InChI=1S/C18H22FN5O2/c1-23(16-7-8-24-18(22-16)15(20)10-21-24)11-13-9-14(19)6-5-12(13)3-2-4-17(25)26/h5-10,15,18H,2-4,11,20H2,1H3,(H,25,26). The van der Waals surface area contributed by atoms with Gasteiger partial charge in [0.15, 0.2) is 6.17 Å². The Morgan fingerprint density at radius 1 is 1.42 bits per heavy atom. The van der Waals surface area contributed by atoms with E-state index in [0.29, 0.717) is 19.4 Å². The number of likely N-dealkylation sites (N-methyl/N-ethyl adjacent to an activating group) is 1. The monoisotopic (exact) mass is 359 g/mol. The number of amidine groups is 1. The molecule has 0 fully saturated rings. The quantitative estimate of drug-likeness (QED) is 0.804. The smallest absolute Gasteiger partial charge is 0.303 e. The van der Waals surface area contributed by atoms with E-state index in [9.17, 15) is 9.18 Å². The lowest BCUT2D eigenvalue weighted by molar-refractivity contribution is -0.137. The van der Waals surface area contributed by atoms with Crippen molar-refractivity contribution in [2.45, 2.75) is 38.0 Å². The lowest BCUT2D eigenvalue weighted by atomic mass is 10.0. The summed E-state index contributed by atoms with van der Waals surface area (Å²) in [6, 6.07) is 4.37. The lowest BCUT2D eigenvalue weighted by Gasteiger charge is -2.28. The van der Waals surface area contributed by atoms with Crippen molar-refractivity contribution in [1.29, 1.82) is 0 Å². The molecule has 1 aromatic rings. The van der Waals surface area contributed by atoms with E-state index in [1.165, 1.54) is 12.1 Å². The van der Waals surface area contributed by atoms with Gasteiger partial charge in [-0.3, -0.25) is 4.79 Å². The minimum Gasteiger partial charge on any atom is -0.481 e. The van der Waals surface area contributed by atoms with Gasteiger partial charge in [-0.1, -0.05) is 6.07 Å². The van der Waals surface area contributed by atoms with Crippen molar-refractivity contribution >= 4 is 18.0 Å². The summed E-state index contributed by atoms with van der Waals surface area (Å²) in [6.07, 6.45) is 6.28. The van der Waals surface area contributed by atoms with Gasteiger partial charge in [0.1, 0.15) is 11.7 Å². The van der Waals surface area contributed by atoms with Gasteiger partial charge in [-0.25, -0.2) is 14.4 Å². The zero-order valence-electron chi connectivity index (χ0n) is 14.5. The van der Waals surface area contributed by atoms with E-state index in [1.54, 1.807) is 17.3 Å². The van der Waals surface area contributed by atoms with Crippen LogP contribution in [0, 0.1) is 5.82 Å². The van der Waals surface area contributed by atoms with Crippen molar-refractivity contribution in [3.05, 3.63) is 47.4 Å². The highest BCUT2D eigenvalue weighted by Gasteiger charge is 2.29. The van der Waals surface area contributed by atoms with Crippen molar-refractivity contribution in [3.8, 4) is 0 Å². The molecule has 2 unspecified atom stereocenters. The molecule has 7 nitrogen and oxygen atoms in total. The second-order valence-electron chi connectivity index (χ2n) is 6.45. The fraction of sp³-hybridized carbons (Fsp3) is 0.389. The minimum atomic E-state index is -0.827. The van der Waals surface area contributed by atoms with Gasteiger partial charge < -0.3 is 15.7 Å². The Morgan fingerprint density at radius 2 is 2.23 bits per heavy atom. The third-order valence-electron chi connectivity index (χ3n) is 4.43. The van der Waals surface area contributed by atoms with Gasteiger partial charge in [0.2, 0.25) is 0 Å². The minimum absolute atomic E-state index is 0.0947. The number of rotatable bonds is 6. The number of carboxylic acids is 1. The van der Waals surface area contributed by atoms with Crippen LogP contribution < -0.4 is 5.73 Å². The summed E-state index contributed by atoms with van der Waals surface area (Å²) in [6.45, 7) is 0.464. The van der Waals surface area contributed by atoms with Gasteiger partial charge in [-0.2, -0.15) is 5.10 Å². The molecule has 2 heterocycles. The molecule has 0 saturated carbocycles. The molecule has 26 heavy (non-hydrogen) atoms. The number of aliphatic carboxylic acids is 1. The Balaban J connectivity index is 1.71. The maximum atomic E-state index is 13.7. The van der Waals surface area contributed by atoms with E-state index in [4.69, 9.17) is 10.8 Å². The van der Waals surface area contributed by atoms with Gasteiger partial charge in [-0.05, 0) is 42.2 Å². The molecule has 138 valence electrons. The number of carbonyl (C=O) groups is 1. The van der Waals surface area contributed by atoms with Gasteiger partial charge in [0.05, 0.1) is 6.04 Å². The number of halogens is 1. The number of hydrogen-bond donors (Lipinski definition) is 2. The van der Waals surface area contributed by atoms with Crippen LogP contribution in [0.1, 0.15) is 24.0 Å². The fourth-order valence-electron chi connectivity index (χ4n) is 3.05. The van der Waals surface area contributed by atoms with Crippen LogP contribution in [0.2, 0.25) is 0 Å². The van der Waals surface area contributed by atoms with Crippen LogP contribution in [0.5, 0.6) is 0 Å². The number of aliphatic imine (C=N–C) groups is 1. The highest BCUT2D eigenvalue weighted by Crippen LogP contribution is 2.20. The molecule has 1 aromatic carbocycles. The van der Waals surface area contributed by atoms with Crippen molar-refractivity contribution < 1.29 is 14.3 Å². The van der Waals surface area contributed by atoms with Gasteiger partial charge in [-0.15, -0.1) is 0 Å². The summed E-state index contributed by atoms with van der Waals surface area (Å²) in [4.78, 5) is 17.3. The van der Waals surface area contributed by atoms with Crippen LogP contribution in [0.3, 0.4) is 0 Å². The van der Waals surface area contributed by atoms with Crippen LogP contribution in [0.4, 0.5) is 4.39 Å². The summed E-state index contributed by atoms with van der Waals surface area (Å²) >= 11 is 0. The predicted molar refractivity (Wildman–Crippen MR) is 97.1 cm³/mol. The Morgan fingerprint density at radius 3 is 3.00 bits per heavy atom. The summed E-state index contributed by atoms with van der Waals surface area (Å²) in [5, 5.41) is 14.7. The Hall–Kier alpha value is -2.74. The molecule has 0 bridgehead atoms. The van der Waals surface area contributed by atoms with Gasteiger partial charge in [0, 0.05) is 32.4 Å². The number of carboxylic acid groups (broad SMARTS) is 1. The van der Waals surface area contributed by atoms with E-state index < -0.39 is 5.97 Å². The molecule has 0 saturated heterocycles. The molecule has 0 amide bonds. The summed E-state index contributed by atoms with van der Waals surface area (Å²) < 4.78 is 13.7. The third kappa shape index (κ3) is 4.08. The Labute approximate surface area is 151 Å². The van der Waals surface area contributed by atoms with Crippen LogP contribution in [-0.2, 0) is 17.8 Å². The number of nitrogens with two attached hydrogens (primary N) is 1. The largest absolute Gasteiger partial charge is 0.481 e. The fourth-order valence-corrected chi connectivity index (χ4v) is 3.05. The zero-order valence-corrected chi connectivity index (χ0v) is 14.5. The van der Waals surface area contributed by atoms with Crippen LogP contribution in [0.25, 0.3) is 0 Å². The highest BCUT2D eigenvalue weighted by molar-refractivity contribution is 5.94. The molecule has 0 aromatic heterocycles. The molecular formula is C18H22FN5O2. The first kappa shape index (κ1) is 18.1. The summed E-state index contributed by atoms with van der Waals surface area (Å²) in [5.41, 5.74) is 7.75. The normalized spacial score (nSPS) is 20.9. The Kier molecular flexibility index (Phi) is 5.32. The number of fused-ring (bicyclic) bond motifs is 1. The van der Waals surface area contributed by atoms with Crippen LogP contribution in [0.15, 0.2) is 40.6 Å². The number of nitrogens with zero attached hydrogens (tertiary/aromatic N) is 4. The first-order valence-electron chi connectivity index (χ1n) is 8.48. The molecule has 3 rings (SSSR count). The van der Waals surface area contributed by atoms with Crippen molar-refractivity contribution in [1.82, 2.24) is 9.91 Å². The molecular weight excluding hydrogens is 337 g/mol. The number of aryl methyl sites for hydroxylation is 1. The van der Waals surface area contributed by atoms with Crippen molar-refractivity contribution in [2.24, 2.45) is 15.8 Å². The third-order valence-corrected chi connectivity index (χ3v) is 4.43. The SMILES string of the molecule is CN(Cc1cc(F)ccc1CCCC(=O)O)C1=NC2C(N)C=NN2C=C1. The zero-order chi connectivity index (χ0) is 18.7. The molecule has 8 heteroatoms. The first-order chi connectivity index (χ1) is 12.4. The molecule has 2 atom stereocenters. The molecule has 2 aliphatic rings. The number of hydrazone groups is 1. The molecule has 3 N–H and O–H groups in total. The highest BCUT2D eigenvalue weighted by atomic mass is 19.1. The van der Waals surface area contributed by atoms with E-state index in [-0.39, 0.29) is 24.4 Å². The molecule has 0 radical (unpaired) electrons. The number of hydrogen-bond acceptors (Lipinski definition) is 6. The maximum Gasteiger partial charge on any atom is 0.303 e. The van der Waals surface area contributed by atoms with Crippen LogP contribution in [-0.4, -0.2) is 52.3 Å². The average molecular weight is 359 g/mol. The van der Waals surface area contributed by atoms with E-state index in [2.05, 4.69) is 10.1 Å². The summed E-state index contributed by atoms with van der Waals surface area (Å²) in [7, 11) is 1.88. The molecule has 2 aliphatic heterocycles. The second kappa shape index (κ2) is 7.65. The predicted octanol–water partition coefficient (Wildman–Crippen LogP) is 1.55. The lowest BCUT2D eigenvalue weighted by Crippen LogP contribution is -2.41. The average Bonchev–Trinajstić information content (AvgIpc) is 2.97. The topological polar surface area (TPSA) is 94.5 Å². The molecule has 0 spiro atoms. The van der Waals surface area contributed by atoms with Crippen LogP contribution >= 0.6 is 0 Å². The van der Waals surface area contributed by atoms with Crippen molar-refractivity contribution in [2.75, 3.05) is 7.05 Å².